The molecular formula is C5H2FeN6O. The summed E-state index contributed by atoms with van der Waals surface area (Å²) in [4.78, 5) is 7.25. The molecule has 0 aromatic rings. The molecule has 0 amide bonds. The smallest absolute Gasteiger partial charge is 0.577 e. The summed E-state index contributed by atoms with van der Waals surface area (Å²) >= 11 is 0. The summed E-state index contributed by atoms with van der Waals surface area (Å²) in [5, 5.41) is 31.2. The van der Waals surface area contributed by atoms with Crippen LogP contribution in [0.3, 0.4) is 0 Å². The zero-order valence-electron chi connectivity index (χ0n) is 7.95. The van der Waals surface area contributed by atoms with Crippen molar-refractivity contribution in [3.05, 3.63) is 43.4 Å². The van der Waals surface area contributed by atoms with E-state index in [1.54, 1.807) is 0 Å². The van der Waals surface area contributed by atoms with E-state index in [0.717, 1.165) is 0 Å². The fourth-order valence-corrected chi connectivity index (χ4v) is 0. The van der Waals surface area contributed by atoms with Crippen molar-refractivity contribution in [2.24, 2.45) is 0 Å². The van der Waals surface area contributed by atoms with E-state index in [4.69, 9.17) is 69.7 Å². The minimum absolute atomic E-state index is 0. The number of hydrogen-bond acceptors (Lipinski definition) is 6. The van der Waals surface area contributed by atoms with E-state index in [2.05, 4.69) is 0 Å². The van der Waals surface area contributed by atoms with E-state index in [0.29, 0.717) is 0 Å². The third kappa shape index (κ3) is 92.8. The van der Waals surface area contributed by atoms with Crippen molar-refractivity contribution in [1.82, 2.24) is 0 Å². The van der Waals surface area contributed by atoms with E-state index in [-0.39, 0.29) is 19.9 Å². The predicted octanol–water partition coefficient (Wildman–Crippen LogP) is 1.03. The Kier molecular flexibility index (Phi) is 695. The van der Waals surface area contributed by atoms with Gasteiger partial charge in [-0.1, -0.05) is 0 Å². The summed E-state index contributed by atoms with van der Waals surface area (Å²) in [6.45, 7) is 23.8. The van der Waals surface area contributed by atoms with Gasteiger partial charge in [0.1, 0.15) is 0 Å². The standard InChI is InChI=1S/5CN.Fe.NO/c5*1-2;;1-2/q5*-1;+4;-1/p+2. The van der Waals surface area contributed by atoms with Crippen molar-refractivity contribution in [2.75, 3.05) is 0 Å². The van der Waals surface area contributed by atoms with Gasteiger partial charge < -0.3 is 69.7 Å². The van der Waals surface area contributed by atoms with Crippen molar-refractivity contribution in [2.45, 2.75) is 0 Å². The maximum Gasteiger partial charge on any atom is 4.00 e. The maximum absolute atomic E-state index is 7.25. The van der Waals surface area contributed by atoms with Gasteiger partial charge in [0, 0.05) is 0 Å². The van der Waals surface area contributed by atoms with Crippen LogP contribution in [0.1, 0.15) is 2.85 Å². The minimum atomic E-state index is 0. The molecule has 66 valence electrons. The van der Waals surface area contributed by atoms with Crippen LogP contribution in [-0.4, -0.2) is 0 Å². The van der Waals surface area contributed by atoms with Crippen molar-refractivity contribution in [1.29, 1.82) is 26.3 Å². The Balaban J connectivity index is -0.00000000396. The Hall–Kier alpha value is -2.43. The molecule has 0 atom stereocenters. The van der Waals surface area contributed by atoms with Crippen LogP contribution in [-0.2, 0) is 17.1 Å². The van der Waals surface area contributed by atoms with Crippen molar-refractivity contribution in [3.8, 4) is 0 Å². The zero-order valence-corrected chi connectivity index (χ0v) is 7.05. The first-order valence-corrected chi connectivity index (χ1v) is 1.30. The monoisotopic (exact) mass is 218 g/mol. The largest absolute Gasteiger partial charge is 4.00 e. The molecule has 0 rings (SSSR count). The molecule has 0 radical (unpaired) electrons. The molecule has 7 nitrogen and oxygen atoms in total. The van der Waals surface area contributed by atoms with Crippen molar-refractivity contribution >= 4 is 0 Å². The predicted molar refractivity (Wildman–Crippen MR) is 33.8 cm³/mol. The van der Waals surface area contributed by atoms with Crippen LogP contribution in [0.2, 0.25) is 0 Å². The van der Waals surface area contributed by atoms with E-state index in [1.807, 2.05) is 0 Å². The third-order valence-electron chi connectivity index (χ3n) is 0. The van der Waals surface area contributed by atoms with Crippen LogP contribution in [0.4, 0.5) is 0 Å². The number of nitroso groups, excluding NO2 is 1. The summed E-state index contributed by atoms with van der Waals surface area (Å²) < 4.78 is 0. The first-order valence-electron chi connectivity index (χ1n) is 1.30. The minimum Gasteiger partial charge on any atom is -0.577 e. The third-order valence-corrected chi connectivity index (χ3v) is 0. The molecule has 0 saturated heterocycles. The molecule has 0 fully saturated rings. The van der Waals surface area contributed by atoms with Crippen LogP contribution in [0, 0.1) is 64.1 Å². The van der Waals surface area contributed by atoms with Gasteiger partial charge >= 0.3 is 19.9 Å². The molecule has 0 aromatic heterocycles. The summed E-state index contributed by atoms with van der Waals surface area (Å²) in [7, 11) is 0. The normalized spacial score (nSPS) is 1.08. The first-order chi connectivity index (χ1) is 6.00. The molecule has 0 N–H and O–H groups in total. The van der Waals surface area contributed by atoms with Crippen LogP contribution in [0.15, 0.2) is 0 Å². The maximum atomic E-state index is 7.25. The van der Waals surface area contributed by atoms with Gasteiger partial charge in [0.15, 0.2) is 0 Å². The summed E-state index contributed by atoms with van der Waals surface area (Å²) in [5.41, 5.74) is 5.75. The zero-order chi connectivity index (χ0) is 12.0. The van der Waals surface area contributed by atoms with Gasteiger partial charge in [-0.2, -0.15) is 0 Å². The van der Waals surface area contributed by atoms with E-state index >= 15 is 0 Å². The fourth-order valence-electron chi connectivity index (χ4n) is 0. The molecule has 0 saturated carbocycles. The molecule has 0 spiro atoms. The summed E-state index contributed by atoms with van der Waals surface area (Å²) in [5.74, 6) is 0. The fraction of sp³-hybridized carbons (Fsp3) is 0. The molecule has 0 aliphatic rings. The quantitative estimate of drug-likeness (QED) is 0.435. The SMILES string of the molecule is [C-]#N.[C-]#N.[C-]#N.[C-]#N.[C-]#N.[Fe+4].[H+].[H+].[N-]=O. The topological polar surface area (TPSA) is 158 Å². The second kappa shape index (κ2) is 119. The van der Waals surface area contributed by atoms with Gasteiger partial charge in [-0.05, 0) is 0 Å². The molecule has 0 unspecified atom stereocenters. The molecular weight excluding hydrogens is 216 g/mol. The van der Waals surface area contributed by atoms with Gasteiger partial charge in [-0.3, -0.25) is 0 Å². The van der Waals surface area contributed by atoms with Gasteiger partial charge in [0.2, 0.25) is 0 Å². The Morgan fingerprint density at radius 2 is 0.615 bits per heavy atom. The van der Waals surface area contributed by atoms with Crippen LogP contribution < -0.4 is 0 Å². The van der Waals surface area contributed by atoms with Crippen LogP contribution in [0.5, 0.6) is 0 Å². The Bertz CT molecular complexity index is 98.9. The van der Waals surface area contributed by atoms with E-state index in [9.17, 15) is 0 Å². The first kappa shape index (κ1) is 76.0. The van der Waals surface area contributed by atoms with Gasteiger partial charge in [0.25, 0.3) is 0 Å². The number of hydrogen-bond donors (Lipinski definition) is 0. The van der Waals surface area contributed by atoms with E-state index in [1.165, 1.54) is 0 Å². The molecule has 0 aliphatic carbocycles. The number of nitrogens with zero attached hydrogens (tertiary/aromatic N) is 6. The van der Waals surface area contributed by atoms with Gasteiger partial charge in [-0.25, -0.2) is 0 Å². The molecule has 13 heavy (non-hydrogen) atoms. The van der Waals surface area contributed by atoms with Crippen molar-refractivity contribution < 1.29 is 19.9 Å². The second-order valence-corrected chi connectivity index (χ2v) is 0. The number of rotatable bonds is 0. The van der Waals surface area contributed by atoms with Gasteiger partial charge in [0.05, 0.1) is 0 Å². The molecule has 8 heteroatoms. The van der Waals surface area contributed by atoms with Crippen molar-refractivity contribution in [3.63, 3.8) is 0 Å². The molecule has 0 aliphatic heterocycles. The molecule has 0 heterocycles. The summed E-state index contributed by atoms with van der Waals surface area (Å²) in [6, 6.07) is 0. The average Bonchev–Trinajstić information content (AvgIpc) is 2.33. The molecule has 0 bridgehead atoms. The average molecular weight is 218 g/mol. The van der Waals surface area contributed by atoms with E-state index < -0.39 is 0 Å². The van der Waals surface area contributed by atoms with Crippen LogP contribution in [0.25, 0.3) is 5.59 Å². The second-order valence-electron chi connectivity index (χ2n) is 0. The molecule has 0 aromatic carbocycles. The van der Waals surface area contributed by atoms with Crippen LogP contribution >= 0.6 is 0 Å². The van der Waals surface area contributed by atoms with Gasteiger partial charge in [-0.15, -0.1) is 0 Å². The Morgan fingerprint density at radius 1 is 0.615 bits per heavy atom. The summed E-state index contributed by atoms with van der Waals surface area (Å²) in [6.07, 6.45) is 0. The Labute approximate surface area is 90.2 Å². The Morgan fingerprint density at radius 3 is 0.615 bits per heavy atom.